The van der Waals surface area contributed by atoms with Gasteiger partial charge in [0.25, 0.3) is 0 Å². The van der Waals surface area contributed by atoms with Gasteiger partial charge in [0.15, 0.2) is 0 Å². The molecule has 1 saturated carbocycles. The predicted molar refractivity (Wildman–Crippen MR) is 74.6 cm³/mol. The van der Waals surface area contributed by atoms with Crippen molar-refractivity contribution in [3.8, 4) is 0 Å². The van der Waals surface area contributed by atoms with Crippen molar-refractivity contribution in [2.45, 2.75) is 25.4 Å². The van der Waals surface area contributed by atoms with Crippen LogP contribution >= 0.6 is 12.2 Å². The summed E-state index contributed by atoms with van der Waals surface area (Å²) in [6.45, 7) is 0.0797. The molecule has 1 aliphatic rings. The molecule has 96 valence electrons. The molecule has 0 spiro atoms. The molecule has 1 aromatic rings. The topological polar surface area (TPSA) is 64.3 Å². The lowest BCUT2D eigenvalue weighted by Crippen LogP contribution is -2.28. The maximum Gasteiger partial charge on any atom is 0.250 e. The van der Waals surface area contributed by atoms with E-state index < -0.39 is 0 Å². The molecule has 0 unspecified atom stereocenters. The minimum Gasteiger partial charge on any atom is -0.389 e. The van der Waals surface area contributed by atoms with Gasteiger partial charge in [-0.25, -0.2) is 0 Å². The molecule has 1 fully saturated rings. The van der Waals surface area contributed by atoms with E-state index in [1.54, 1.807) is 12.1 Å². The van der Waals surface area contributed by atoms with Crippen molar-refractivity contribution in [3.63, 3.8) is 0 Å². The molecule has 2 rings (SSSR count). The number of nitrogens with two attached hydrogens (primary N) is 1. The number of carbonyl (C=O) groups excluding carboxylic acids is 1. The predicted octanol–water partition coefficient (Wildman–Crippen LogP) is 1.83. The third-order valence-electron chi connectivity index (χ3n) is 2.97. The van der Waals surface area contributed by atoms with E-state index in [2.05, 4.69) is 5.32 Å². The fourth-order valence-electron chi connectivity index (χ4n) is 1.72. The van der Waals surface area contributed by atoms with Crippen molar-refractivity contribution in [2.24, 2.45) is 5.73 Å². The van der Waals surface area contributed by atoms with E-state index in [0.717, 1.165) is 12.8 Å². The number of para-hydroxylation sites is 1. The molecule has 0 aromatic heterocycles. The van der Waals surface area contributed by atoms with Crippen LogP contribution in [0.3, 0.4) is 0 Å². The van der Waals surface area contributed by atoms with E-state index in [9.17, 15) is 4.79 Å². The van der Waals surface area contributed by atoms with E-state index in [4.69, 9.17) is 22.7 Å². The second kappa shape index (κ2) is 5.93. The molecule has 0 heterocycles. The maximum atomic E-state index is 11.7. The first-order valence-electron chi connectivity index (χ1n) is 5.97. The number of nitrogens with one attached hydrogen (secondary N) is 1. The van der Waals surface area contributed by atoms with Crippen LogP contribution in [0.5, 0.6) is 0 Å². The highest BCUT2D eigenvalue weighted by atomic mass is 32.1. The first-order valence-corrected chi connectivity index (χ1v) is 6.38. The fraction of sp³-hybridized carbons (Fsp3) is 0.385. The van der Waals surface area contributed by atoms with Gasteiger partial charge in [0, 0.05) is 5.56 Å². The molecule has 0 aliphatic heterocycles. The van der Waals surface area contributed by atoms with Crippen LogP contribution in [0.1, 0.15) is 24.8 Å². The Bertz CT molecular complexity index is 458. The Morgan fingerprint density at radius 1 is 1.44 bits per heavy atom. The average Bonchev–Trinajstić information content (AvgIpc) is 2.27. The van der Waals surface area contributed by atoms with Gasteiger partial charge in [-0.1, -0.05) is 24.4 Å². The summed E-state index contributed by atoms with van der Waals surface area (Å²) in [7, 11) is 0. The van der Waals surface area contributed by atoms with Crippen molar-refractivity contribution in [1.29, 1.82) is 0 Å². The lowest BCUT2D eigenvalue weighted by atomic mass is 9.96. The van der Waals surface area contributed by atoms with Gasteiger partial charge in [-0.3, -0.25) is 4.79 Å². The Hall–Kier alpha value is -1.46. The highest BCUT2D eigenvalue weighted by Gasteiger charge is 2.19. The normalized spacial score (nSPS) is 14.9. The lowest BCUT2D eigenvalue weighted by molar-refractivity contribution is -0.124. The standard InChI is InChI=1S/C13H16N2O2S/c14-13(18)10-6-1-2-7-11(10)15-12(16)8-17-9-4-3-5-9/h1-2,6-7,9H,3-5,8H2,(H2,14,18)(H,15,16). The van der Waals surface area contributed by atoms with Crippen LogP contribution < -0.4 is 11.1 Å². The van der Waals surface area contributed by atoms with Gasteiger partial charge >= 0.3 is 0 Å². The molecule has 1 aromatic carbocycles. The number of amides is 1. The summed E-state index contributed by atoms with van der Waals surface area (Å²) in [5, 5.41) is 2.76. The first kappa shape index (κ1) is 13.0. The largest absolute Gasteiger partial charge is 0.389 e. The van der Waals surface area contributed by atoms with E-state index in [1.165, 1.54) is 6.42 Å². The summed E-state index contributed by atoms with van der Waals surface area (Å²) in [5.41, 5.74) is 6.89. The maximum absolute atomic E-state index is 11.7. The van der Waals surface area contributed by atoms with Gasteiger partial charge in [-0.2, -0.15) is 0 Å². The smallest absolute Gasteiger partial charge is 0.250 e. The molecule has 1 aliphatic carbocycles. The zero-order chi connectivity index (χ0) is 13.0. The zero-order valence-electron chi connectivity index (χ0n) is 10.0. The fourth-order valence-corrected chi connectivity index (χ4v) is 1.90. The van der Waals surface area contributed by atoms with Crippen LogP contribution in [0.25, 0.3) is 0 Å². The lowest BCUT2D eigenvalue weighted by Gasteiger charge is -2.25. The average molecular weight is 264 g/mol. The number of ether oxygens (including phenoxy) is 1. The van der Waals surface area contributed by atoms with Crippen LogP contribution in [0, 0.1) is 0 Å². The number of thiocarbonyl (C=S) groups is 1. The minimum absolute atomic E-state index is 0.0797. The SMILES string of the molecule is NC(=S)c1ccccc1NC(=O)COC1CCC1. The Balaban J connectivity index is 1.91. The third-order valence-corrected chi connectivity index (χ3v) is 3.19. The van der Waals surface area contributed by atoms with E-state index >= 15 is 0 Å². The Labute approximate surface area is 112 Å². The summed E-state index contributed by atoms with van der Waals surface area (Å²) in [6.07, 6.45) is 3.55. The van der Waals surface area contributed by atoms with Gasteiger partial charge in [-0.15, -0.1) is 0 Å². The van der Waals surface area contributed by atoms with Crippen molar-refractivity contribution in [1.82, 2.24) is 0 Å². The second-order valence-electron chi connectivity index (χ2n) is 4.32. The first-order chi connectivity index (χ1) is 8.66. The summed E-state index contributed by atoms with van der Waals surface area (Å²) in [6, 6.07) is 7.21. The van der Waals surface area contributed by atoms with Crippen LogP contribution in [0.4, 0.5) is 5.69 Å². The molecule has 4 nitrogen and oxygen atoms in total. The molecule has 1 amide bonds. The minimum atomic E-state index is -0.175. The van der Waals surface area contributed by atoms with E-state index in [0.29, 0.717) is 11.3 Å². The summed E-state index contributed by atoms with van der Waals surface area (Å²) in [5.74, 6) is -0.175. The molecule has 5 heteroatoms. The molecule has 0 radical (unpaired) electrons. The molecule has 3 N–H and O–H groups in total. The van der Waals surface area contributed by atoms with E-state index in [-0.39, 0.29) is 23.6 Å². The number of rotatable bonds is 5. The van der Waals surface area contributed by atoms with E-state index in [1.807, 2.05) is 12.1 Å². The highest BCUT2D eigenvalue weighted by Crippen LogP contribution is 2.21. The monoisotopic (exact) mass is 264 g/mol. The summed E-state index contributed by atoms with van der Waals surface area (Å²) in [4.78, 5) is 12.0. The van der Waals surface area contributed by atoms with Gasteiger partial charge < -0.3 is 15.8 Å². The quantitative estimate of drug-likeness (QED) is 0.796. The summed E-state index contributed by atoms with van der Waals surface area (Å²) < 4.78 is 5.44. The Kier molecular flexibility index (Phi) is 4.28. The van der Waals surface area contributed by atoms with Crippen LogP contribution in [0.15, 0.2) is 24.3 Å². The Morgan fingerprint density at radius 2 is 2.17 bits per heavy atom. The third kappa shape index (κ3) is 3.27. The number of carbonyl (C=O) groups is 1. The Morgan fingerprint density at radius 3 is 2.78 bits per heavy atom. The highest BCUT2D eigenvalue weighted by molar-refractivity contribution is 7.80. The van der Waals surface area contributed by atoms with Gasteiger partial charge in [0.2, 0.25) is 5.91 Å². The van der Waals surface area contributed by atoms with Crippen LogP contribution in [-0.2, 0) is 9.53 Å². The van der Waals surface area contributed by atoms with Crippen molar-refractivity contribution < 1.29 is 9.53 Å². The van der Waals surface area contributed by atoms with Crippen LogP contribution in [-0.4, -0.2) is 23.6 Å². The number of benzene rings is 1. The van der Waals surface area contributed by atoms with Crippen molar-refractivity contribution in [2.75, 3.05) is 11.9 Å². The van der Waals surface area contributed by atoms with Crippen LogP contribution in [0.2, 0.25) is 0 Å². The van der Waals surface area contributed by atoms with Gasteiger partial charge in [0.05, 0.1) is 11.8 Å². The van der Waals surface area contributed by atoms with Crippen molar-refractivity contribution >= 4 is 28.8 Å². The number of hydrogen-bond donors (Lipinski definition) is 2. The second-order valence-corrected chi connectivity index (χ2v) is 4.76. The van der Waals surface area contributed by atoms with Gasteiger partial charge in [-0.05, 0) is 31.4 Å². The molecule has 0 saturated heterocycles. The number of hydrogen-bond acceptors (Lipinski definition) is 3. The number of anilines is 1. The van der Waals surface area contributed by atoms with Gasteiger partial charge in [0.1, 0.15) is 11.6 Å². The zero-order valence-corrected chi connectivity index (χ0v) is 10.8. The molecule has 18 heavy (non-hydrogen) atoms. The molecule has 0 atom stereocenters. The molecular formula is C13H16N2O2S. The molecular weight excluding hydrogens is 248 g/mol. The summed E-state index contributed by atoms with van der Waals surface area (Å²) >= 11 is 4.93. The molecule has 0 bridgehead atoms. The van der Waals surface area contributed by atoms with Crippen molar-refractivity contribution in [3.05, 3.63) is 29.8 Å².